The van der Waals surface area contributed by atoms with Crippen molar-refractivity contribution in [3.63, 3.8) is 0 Å². The first-order valence-electron chi connectivity index (χ1n) is 7.54. The number of quaternary nitrogens is 1. The highest BCUT2D eigenvalue weighted by Crippen LogP contribution is 2.21. The van der Waals surface area contributed by atoms with Crippen molar-refractivity contribution in [1.82, 2.24) is 4.90 Å². The van der Waals surface area contributed by atoms with Gasteiger partial charge in [0.15, 0.2) is 12.6 Å². The van der Waals surface area contributed by atoms with Crippen molar-refractivity contribution in [2.45, 2.75) is 33.7 Å². The Balaban J connectivity index is 2.73. The van der Waals surface area contributed by atoms with Gasteiger partial charge in [-0.1, -0.05) is 17.7 Å². The quantitative estimate of drug-likeness (QED) is 0.834. The van der Waals surface area contributed by atoms with Gasteiger partial charge in [0.2, 0.25) is 0 Å². The zero-order valence-electron chi connectivity index (χ0n) is 14.7. The van der Waals surface area contributed by atoms with Crippen LogP contribution in [0.4, 0.5) is 5.69 Å². The Morgan fingerprint density at radius 3 is 2.14 bits per heavy atom. The van der Waals surface area contributed by atoms with Crippen molar-refractivity contribution in [3.05, 3.63) is 28.8 Å². The van der Waals surface area contributed by atoms with Gasteiger partial charge in [0.05, 0.1) is 7.05 Å². The summed E-state index contributed by atoms with van der Waals surface area (Å²) >= 11 is 0. The fraction of sp³-hybridized carbons (Fsp3) is 0.529. The highest BCUT2D eigenvalue weighted by Gasteiger charge is 2.25. The van der Waals surface area contributed by atoms with E-state index in [-0.39, 0.29) is 24.4 Å². The monoisotopic (exact) mass is 306 g/mol. The second-order valence-corrected chi connectivity index (χ2v) is 6.30. The topological polar surface area (TPSA) is 53.9 Å². The Morgan fingerprint density at radius 1 is 1.18 bits per heavy atom. The molecule has 2 atom stereocenters. The largest absolute Gasteiger partial charge is 0.344 e. The van der Waals surface area contributed by atoms with E-state index in [0.717, 1.165) is 21.7 Å². The van der Waals surface area contributed by atoms with Crippen LogP contribution in [0.15, 0.2) is 12.1 Å². The van der Waals surface area contributed by atoms with Gasteiger partial charge in [-0.3, -0.25) is 9.59 Å². The molecule has 0 heterocycles. The molecule has 22 heavy (non-hydrogen) atoms. The number of nitrogens with zero attached hydrogens (tertiary/aromatic N) is 1. The predicted molar refractivity (Wildman–Crippen MR) is 89.2 cm³/mol. The molecule has 0 radical (unpaired) electrons. The number of carbonyl (C=O) groups excluding carboxylic acids is 2. The number of nitrogens with one attached hydrogen (secondary N) is 2. The Kier molecular flexibility index (Phi) is 6.11. The maximum absolute atomic E-state index is 12.3. The molecule has 1 aromatic carbocycles. The molecule has 2 amide bonds. The summed E-state index contributed by atoms with van der Waals surface area (Å²) in [5, 5.41) is 2.97. The van der Waals surface area contributed by atoms with Gasteiger partial charge >= 0.3 is 0 Å². The molecule has 0 spiro atoms. The normalized spacial score (nSPS) is 13.4. The molecule has 0 saturated heterocycles. The fourth-order valence-corrected chi connectivity index (χ4v) is 2.57. The van der Waals surface area contributed by atoms with E-state index in [1.165, 1.54) is 5.56 Å². The van der Waals surface area contributed by atoms with Crippen LogP contribution in [0.1, 0.15) is 23.6 Å². The van der Waals surface area contributed by atoms with Crippen LogP contribution in [0.25, 0.3) is 0 Å². The van der Waals surface area contributed by atoms with E-state index in [0.29, 0.717) is 0 Å². The molecule has 0 saturated carbocycles. The minimum Gasteiger partial charge on any atom is -0.344 e. The number of hydrogen-bond donors (Lipinski definition) is 2. The average molecular weight is 306 g/mol. The molecular formula is C17H28N3O2+. The minimum absolute atomic E-state index is 0.0213. The predicted octanol–water partition coefficient (Wildman–Crippen LogP) is 0.542. The SMILES string of the molecule is Cc1cc(C)c(NC(=O)C[NH+](C)[C@H](C)C(=O)N(C)C)c(C)c1. The molecule has 0 aliphatic heterocycles. The summed E-state index contributed by atoms with van der Waals surface area (Å²) in [4.78, 5) is 26.6. The number of rotatable bonds is 5. The molecular weight excluding hydrogens is 278 g/mol. The summed E-state index contributed by atoms with van der Waals surface area (Å²) in [6.45, 7) is 8.12. The van der Waals surface area contributed by atoms with Crippen molar-refractivity contribution >= 4 is 17.5 Å². The smallest absolute Gasteiger partial charge is 0.280 e. The van der Waals surface area contributed by atoms with Crippen LogP contribution in [-0.4, -0.2) is 50.4 Å². The van der Waals surface area contributed by atoms with Crippen molar-refractivity contribution in [3.8, 4) is 0 Å². The third-order valence-corrected chi connectivity index (χ3v) is 3.93. The highest BCUT2D eigenvalue weighted by atomic mass is 16.2. The van der Waals surface area contributed by atoms with Gasteiger partial charge in [0.25, 0.3) is 11.8 Å². The zero-order chi connectivity index (χ0) is 17.0. The van der Waals surface area contributed by atoms with Crippen LogP contribution in [0.5, 0.6) is 0 Å². The number of aryl methyl sites for hydroxylation is 3. The van der Waals surface area contributed by atoms with Gasteiger partial charge in [0, 0.05) is 19.8 Å². The number of likely N-dealkylation sites (N-methyl/N-ethyl adjacent to an activating group) is 2. The minimum atomic E-state index is -0.249. The van der Waals surface area contributed by atoms with Crippen LogP contribution in [-0.2, 0) is 9.59 Å². The highest BCUT2D eigenvalue weighted by molar-refractivity contribution is 5.93. The van der Waals surface area contributed by atoms with Gasteiger partial charge in [-0.2, -0.15) is 0 Å². The van der Waals surface area contributed by atoms with Crippen molar-refractivity contribution in [1.29, 1.82) is 0 Å². The zero-order valence-corrected chi connectivity index (χ0v) is 14.7. The van der Waals surface area contributed by atoms with E-state index in [1.54, 1.807) is 19.0 Å². The Hall–Kier alpha value is -1.88. The lowest BCUT2D eigenvalue weighted by molar-refractivity contribution is -0.886. The first kappa shape index (κ1) is 18.2. The molecule has 1 rings (SSSR count). The molecule has 0 aliphatic carbocycles. The number of carbonyl (C=O) groups is 2. The van der Waals surface area contributed by atoms with Crippen LogP contribution in [0.2, 0.25) is 0 Å². The number of amides is 2. The first-order valence-corrected chi connectivity index (χ1v) is 7.54. The van der Waals surface area contributed by atoms with E-state index in [1.807, 2.05) is 34.7 Å². The maximum atomic E-state index is 12.3. The van der Waals surface area contributed by atoms with Gasteiger partial charge < -0.3 is 15.1 Å². The summed E-state index contributed by atoms with van der Waals surface area (Å²) in [5.74, 6) is -0.0565. The molecule has 2 N–H and O–H groups in total. The summed E-state index contributed by atoms with van der Waals surface area (Å²) in [6.07, 6.45) is 0. The van der Waals surface area contributed by atoms with E-state index >= 15 is 0 Å². The maximum Gasteiger partial charge on any atom is 0.280 e. The molecule has 5 heteroatoms. The molecule has 0 fully saturated rings. The van der Waals surface area contributed by atoms with Crippen LogP contribution in [0.3, 0.4) is 0 Å². The number of hydrogen-bond acceptors (Lipinski definition) is 2. The Bertz CT molecular complexity index is 544. The Morgan fingerprint density at radius 2 is 1.68 bits per heavy atom. The lowest BCUT2D eigenvalue weighted by Gasteiger charge is -2.23. The van der Waals surface area contributed by atoms with Crippen molar-refractivity contribution in [2.24, 2.45) is 0 Å². The summed E-state index contributed by atoms with van der Waals surface area (Å²) in [5.41, 5.74) is 4.16. The van der Waals surface area contributed by atoms with E-state index in [9.17, 15) is 9.59 Å². The van der Waals surface area contributed by atoms with Crippen LogP contribution < -0.4 is 10.2 Å². The number of benzene rings is 1. The lowest BCUT2D eigenvalue weighted by Crippen LogP contribution is -3.15. The fourth-order valence-electron chi connectivity index (χ4n) is 2.57. The molecule has 5 nitrogen and oxygen atoms in total. The summed E-state index contributed by atoms with van der Waals surface area (Å²) in [6, 6.07) is 3.86. The summed E-state index contributed by atoms with van der Waals surface area (Å²) in [7, 11) is 5.32. The third-order valence-electron chi connectivity index (χ3n) is 3.93. The Labute approximate surface area is 133 Å². The average Bonchev–Trinajstić information content (AvgIpc) is 2.40. The van der Waals surface area contributed by atoms with Gasteiger partial charge in [-0.05, 0) is 38.8 Å². The van der Waals surface area contributed by atoms with Crippen LogP contribution >= 0.6 is 0 Å². The second-order valence-electron chi connectivity index (χ2n) is 6.30. The lowest BCUT2D eigenvalue weighted by atomic mass is 10.1. The third kappa shape index (κ3) is 4.56. The first-order chi connectivity index (χ1) is 10.1. The second kappa shape index (κ2) is 7.40. The van der Waals surface area contributed by atoms with E-state index < -0.39 is 0 Å². The van der Waals surface area contributed by atoms with E-state index in [4.69, 9.17) is 0 Å². The molecule has 122 valence electrons. The van der Waals surface area contributed by atoms with Crippen LogP contribution in [0, 0.1) is 20.8 Å². The van der Waals surface area contributed by atoms with Crippen molar-refractivity contribution < 1.29 is 14.5 Å². The standard InChI is InChI=1S/C17H27N3O2/c1-11-8-12(2)16(13(3)9-11)18-15(21)10-20(7)14(4)17(22)19(5)6/h8-9,14H,10H2,1-7H3,(H,18,21)/p+1/t14-/m1/s1. The summed E-state index contributed by atoms with van der Waals surface area (Å²) < 4.78 is 0. The van der Waals surface area contributed by atoms with Gasteiger partial charge in [-0.25, -0.2) is 0 Å². The molecule has 0 aliphatic rings. The molecule has 0 aromatic heterocycles. The molecule has 1 unspecified atom stereocenters. The molecule has 0 bridgehead atoms. The van der Waals surface area contributed by atoms with Gasteiger partial charge in [-0.15, -0.1) is 0 Å². The number of anilines is 1. The van der Waals surface area contributed by atoms with Crippen molar-refractivity contribution in [2.75, 3.05) is 33.0 Å². The molecule has 1 aromatic rings. The van der Waals surface area contributed by atoms with E-state index in [2.05, 4.69) is 17.4 Å². The van der Waals surface area contributed by atoms with Gasteiger partial charge in [0.1, 0.15) is 0 Å².